The van der Waals surface area contributed by atoms with E-state index in [1.165, 1.54) is 4.90 Å². The van der Waals surface area contributed by atoms with E-state index in [0.717, 1.165) is 38.4 Å². The second-order valence-electron chi connectivity index (χ2n) is 6.96. The van der Waals surface area contributed by atoms with Crippen LogP contribution < -0.4 is 15.5 Å². The van der Waals surface area contributed by atoms with Crippen molar-refractivity contribution in [2.45, 2.75) is 20.4 Å². The van der Waals surface area contributed by atoms with Crippen molar-refractivity contribution in [2.75, 3.05) is 39.5 Å². The number of morpholine rings is 1. The second-order valence-corrected chi connectivity index (χ2v) is 6.96. The highest BCUT2D eigenvalue weighted by molar-refractivity contribution is 5.97. The molecule has 0 spiro atoms. The molecule has 0 unspecified atom stereocenters. The molecule has 1 fully saturated rings. The van der Waals surface area contributed by atoms with E-state index < -0.39 is 24.5 Å². The fourth-order valence-electron chi connectivity index (χ4n) is 2.60. The number of carbonyl (C=O) groups excluding carboxylic acids is 3. The number of hydrogen-bond acceptors (Lipinski definition) is 5. The van der Waals surface area contributed by atoms with Gasteiger partial charge < -0.3 is 19.7 Å². The number of quaternary nitrogens is 1. The van der Waals surface area contributed by atoms with Gasteiger partial charge in [0.1, 0.15) is 19.6 Å². The molecule has 0 saturated carbocycles. The topological polar surface area (TPSA) is 98.2 Å². The van der Waals surface area contributed by atoms with Crippen molar-refractivity contribution in [1.82, 2.24) is 10.6 Å². The van der Waals surface area contributed by atoms with Crippen molar-refractivity contribution < 1.29 is 28.8 Å². The van der Waals surface area contributed by atoms with Crippen LogP contribution in [0.25, 0.3) is 0 Å². The van der Waals surface area contributed by atoms with Crippen LogP contribution in [0, 0.1) is 5.92 Å². The van der Waals surface area contributed by atoms with Gasteiger partial charge in [0.2, 0.25) is 0 Å². The predicted octanol–water partition coefficient (Wildman–Crippen LogP) is -0.260. The molecule has 3 amide bonds. The highest BCUT2D eigenvalue weighted by atomic mass is 16.5. The molecule has 1 saturated heterocycles. The van der Waals surface area contributed by atoms with Crippen LogP contribution >= 0.6 is 0 Å². The van der Waals surface area contributed by atoms with Crippen LogP contribution in [0.4, 0.5) is 4.79 Å². The van der Waals surface area contributed by atoms with Gasteiger partial charge in [0.25, 0.3) is 5.91 Å². The normalized spacial score (nSPS) is 14.6. The Morgan fingerprint density at radius 3 is 2.44 bits per heavy atom. The number of ether oxygens (including phenoxy) is 2. The summed E-state index contributed by atoms with van der Waals surface area (Å²) in [5.74, 6) is -0.994. The van der Waals surface area contributed by atoms with Crippen LogP contribution in [0.5, 0.6) is 0 Å². The SMILES string of the molecule is CC(C)CNC(=O)NC(=O)COC(=O)c1ccc(C[NH+]2CCOCC2)cc1. The Labute approximate surface area is 159 Å². The maximum absolute atomic E-state index is 12.0. The number of benzene rings is 1. The molecule has 0 aliphatic carbocycles. The smallest absolute Gasteiger partial charge is 0.338 e. The van der Waals surface area contributed by atoms with Gasteiger partial charge in [-0.3, -0.25) is 10.1 Å². The largest absolute Gasteiger partial charge is 0.452 e. The van der Waals surface area contributed by atoms with Crippen molar-refractivity contribution in [3.8, 4) is 0 Å². The van der Waals surface area contributed by atoms with E-state index in [1.807, 2.05) is 26.0 Å². The zero-order valence-electron chi connectivity index (χ0n) is 15.9. The summed E-state index contributed by atoms with van der Waals surface area (Å²) in [6.45, 7) is 8.22. The van der Waals surface area contributed by atoms with Crippen molar-refractivity contribution in [2.24, 2.45) is 5.92 Å². The van der Waals surface area contributed by atoms with Crippen molar-refractivity contribution in [3.05, 3.63) is 35.4 Å². The molecule has 148 valence electrons. The molecule has 0 bridgehead atoms. The molecule has 3 N–H and O–H groups in total. The summed E-state index contributed by atoms with van der Waals surface area (Å²) in [7, 11) is 0. The number of nitrogens with one attached hydrogen (secondary N) is 3. The van der Waals surface area contributed by atoms with Gasteiger partial charge in [0.15, 0.2) is 6.61 Å². The monoisotopic (exact) mass is 378 g/mol. The second kappa shape index (κ2) is 10.6. The third kappa shape index (κ3) is 7.76. The summed E-state index contributed by atoms with van der Waals surface area (Å²) < 4.78 is 10.3. The van der Waals surface area contributed by atoms with Crippen LogP contribution in [0.1, 0.15) is 29.8 Å². The molecule has 8 heteroatoms. The molecule has 0 radical (unpaired) electrons. The minimum Gasteiger partial charge on any atom is -0.452 e. The molecule has 8 nitrogen and oxygen atoms in total. The van der Waals surface area contributed by atoms with Crippen molar-refractivity contribution >= 4 is 17.9 Å². The van der Waals surface area contributed by atoms with Gasteiger partial charge in [-0.25, -0.2) is 9.59 Å². The average molecular weight is 378 g/mol. The van der Waals surface area contributed by atoms with Gasteiger partial charge in [-0.05, 0) is 18.1 Å². The molecule has 0 atom stereocenters. The van der Waals surface area contributed by atoms with E-state index in [1.54, 1.807) is 12.1 Å². The minimum absolute atomic E-state index is 0.275. The quantitative estimate of drug-likeness (QED) is 0.568. The fourth-order valence-corrected chi connectivity index (χ4v) is 2.60. The Morgan fingerprint density at radius 1 is 1.15 bits per heavy atom. The maximum atomic E-state index is 12.0. The van der Waals surface area contributed by atoms with E-state index >= 15 is 0 Å². The molecular formula is C19H28N3O5+. The predicted molar refractivity (Wildman–Crippen MR) is 98.3 cm³/mol. The zero-order chi connectivity index (χ0) is 19.6. The fraction of sp³-hybridized carbons (Fsp3) is 0.526. The first kappa shape index (κ1) is 20.9. The van der Waals surface area contributed by atoms with E-state index in [-0.39, 0.29) is 5.92 Å². The van der Waals surface area contributed by atoms with Crippen LogP contribution in [0.2, 0.25) is 0 Å². The summed E-state index contributed by atoms with van der Waals surface area (Å²) in [5, 5.41) is 4.67. The van der Waals surface area contributed by atoms with Crippen LogP contribution in [0.3, 0.4) is 0 Å². The summed E-state index contributed by atoms with van der Waals surface area (Å²) in [6, 6.07) is 6.55. The minimum atomic E-state index is -0.669. The molecule has 27 heavy (non-hydrogen) atoms. The summed E-state index contributed by atoms with van der Waals surface area (Å²) in [6.07, 6.45) is 0. The number of esters is 1. The summed E-state index contributed by atoms with van der Waals surface area (Å²) >= 11 is 0. The highest BCUT2D eigenvalue weighted by Crippen LogP contribution is 2.05. The lowest BCUT2D eigenvalue weighted by atomic mass is 10.1. The molecule has 1 aromatic carbocycles. The van der Waals surface area contributed by atoms with E-state index in [4.69, 9.17) is 9.47 Å². The molecular weight excluding hydrogens is 350 g/mol. The lowest BCUT2D eigenvalue weighted by Gasteiger charge is -2.23. The number of imide groups is 1. The summed E-state index contributed by atoms with van der Waals surface area (Å²) in [4.78, 5) is 36.6. The molecule has 1 aliphatic heterocycles. The first-order valence-corrected chi connectivity index (χ1v) is 9.19. The van der Waals surface area contributed by atoms with Crippen LogP contribution in [-0.2, 0) is 20.8 Å². The Kier molecular flexibility index (Phi) is 8.22. The Morgan fingerprint density at radius 2 is 1.81 bits per heavy atom. The van der Waals surface area contributed by atoms with Crippen molar-refractivity contribution in [3.63, 3.8) is 0 Å². The zero-order valence-corrected chi connectivity index (χ0v) is 15.9. The van der Waals surface area contributed by atoms with Gasteiger partial charge >= 0.3 is 12.0 Å². The molecule has 0 aromatic heterocycles. The van der Waals surface area contributed by atoms with Gasteiger partial charge in [0, 0.05) is 12.1 Å². The molecule has 1 heterocycles. The van der Waals surface area contributed by atoms with Gasteiger partial charge in [-0.1, -0.05) is 26.0 Å². The number of urea groups is 1. The summed E-state index contributed by atoms with van der Waals surface area (Å²) in [5.41, 5.74) is 1.50. The van der Waals surface area contributed by atoms with Gasteiger partial charge in [0.05, 0.1) is 18.8 Å². The van der Waals surface area contributed by atoms with E-state index in [9.17, 15) is 14.4 Å². The number of carbonyl (C=O) groups is 3. The molecule has 1 aromatic rings. The lowest BCUT2D eigenvalue weighted by molar-refractivity contribution is -0.921. The van der Waals surface area contributed by atoms with Gasteiger partial charge in [-0.2, -0.15) is 0 Å². The Bertz CT molecular complexity index is 639. The maximum Gasteiger partial charge on any atom is 0.338 e. The third-order valence-electron chi connectivity index (χ3n) is 4.10. The molecule has 2 rings (SSSR count). The van der Waals surface area contributed by atoms with Gasteiger partial charge in [-0.15, -0.1) is 0 Å². The Hall–Kier alpha value is -2.45. The number of rotatable bonds is 7. The average Bonchev–Trinajstić information content (AvgIpc) is 2.66. The highest BCUT2D eigenvalue weighted by Gasteiger charge is 2.15. The van der Waals surface area contributed by atoms with E-state index in [2.05, 4.69) is 10.6 Å². The lowest BCUT2D eigenvalue weighted by Crippen LogP contribution is -3.12. The standard InChI is InChI=1S/C19H27N3O5/c1-14(2)11-20-19(25)21-17(23)13-27-18(24)16-5-3-15(4-6-16)12-22-7-9-26-10-8-22/h3-6,14H,7-13H2,1-2H3,(H2,20,21,23,25)/p+1. The van der Waals surface area contributed by atoms with E-state index in [0.29, 0.717) is 12.1 Å². The van der Waals surface area contributed by atoms with Crippen LogP contribution in [-0.4, -0.2) is 57.4 Å². The Balaban J connectivity index is 1.73. The third-order valence-corrected chi connectivity index (χ3v) is 4.10. The first-order valence-electron chi connectivity index (χ1n) is 9.19. The first-order chi connectivity index (χ1) is 12.9. The van der Waals surface area contributed by atoms with Crippen molar-refractivity contribution in [1.29, 1.82) is 0 Å². The number of amides is 3. The number of hydrogen-bond donors (Lipinski definition) is 3. The van der Waals surface area contributed by atoms with Crippen LogP contribution in [0.15, 0.2) is 24.3 Å². The molecule has 1 aliphatic rings.